The number of carbonyl (C=O) groups is 1. The summed E-state index contributed by atoms with van der Waals surface area (Å²) in [4.78, 5) is 11.7. The Morgan fingerprint density at radius 3 is 2.57 bits per heavy atom. The maximum absolute atomic E-state index is 13.0. The van der Waals surface area contributed by atoms with E-state index in [2.05, 4.69) is 5.32 Å². The van der Waals surface area contributed by atoms with Crippen LogP contribution in [0.3, 0.4) is 0 Å². The molecule has 1 aromatic heterocycles. The van der Waals surface area contributed by atoms with E-state index in [0.717, 1.165) is 0 Å². The lowest BCUT2D eigenvalue weighted by Gasteiger charge is -2.20. The zero-order valence-electron chi connectivity index (χ0n) is 12.2. The second kappa shape index (κ2) is 5.47. The number of nitrogens with zero attached hydrogens (tertiary/aromatic N) is 1. The molecular weight excluding hydrogens is 273 g/mol. The average molecular weight is 291 g/mol. The van der Waals surface area contributed by atoms with Crippen molar-refractivity contribution in [3.8, 4) is 5.69 Å². The van der Waals surface area contributed by atoms with Crippen molar-refractivity contribution in [2.75, 3.05) is 11.1 Å². The van der Waals surface area contributed by atoms with Crippen molar-refractivity contribution in [3.63, 3.8) is 0 Å². The third-order valence-electron chi connectivity index (χ3n) is 2.63. The molecule has 1 aromatic carbocycles. The van der Waals surface area contributed by atoms with E-state index in [9.17, 15) is 9.18 Å². The van der Waals surface area contributed by atoms with Gasteiger partial charge in [0.25, 0.3) is 0 Å². The average Bonchev–Trinajstić information content (AvgIpc) is 2.76. The SMILES string of the molecule is CC(C)(C)OC(=O)Nc1ccc(-n2ccc(F)c2)cc1N. The number of benzene rings is 1. The number of nitrogens with two attached hydrogens (primary N) is 1. The summed E-state index contributed by atoms with van der Waals surface area (Å²) in [5, 5.41) is 2.58. The van der Waals surface area contributed by atoms with Gasteiger partial charge in [-0.25, -0.2) is 9.18 Å². The van der Waals surface area contributed by atoms with Crippen LogP contribution in [0, 0.1) is 5.82 Å². The fourth-order valence-electron chi connectivity index (χ4n) is 1.77. The first-order valence-corrected chi connectivity index (χ1v) is 6.48. The molecule has 0 atom stereocenters. The van der Waals surface area contributed by atoms with Crippen molar-refractivity contribution in [1.29, 1.82) is 0 Å². The van der Waals surface area contributed by atoms with E-state index in [1.807, 2.05) is 0 Å². The smallest absolute Gasteiger partial charge is 0.412 e. The Balaban J connectivity index is 2.15. The highest BCUT2D eigenvalue weighted by atomic mass is 19.1. The maximum Gasteiger partial charge on any atom is 0.412 e. The summed E-state index contributed by atoms with van der Waals surface area (Å²) in [5.41, 5.74) is 6.83. The van der Waals surface area contributed by atoms with Gasteiger partial charge in [-0.15, -0.1) is 0 Å². The standard InChI is InChI=1S/C15H18FN3O2/c1-15(2,3)21-14(20)18-13-5-4-11(8-12(13)17)19-7-6-10(16)9-19/h4-9H,17H2,1-3H3,(H,18,20). The summed E-state index contributed by atoms with van der Waals surface area (Å²) in [6.45, 7) is 5.33. The number of halogens is 1. The molecule has 21 heavy (non-hydrogen) atoms. The molecule has 0 aliphatic rings. The highest BCUT2D eigenvalue weighted by Crippen LogP contribution is 2.23. The van der Waals surface area contributed by atoms with Crippen LogP contribution in [0.4, 0.5) is 20.6 Å². The molecule has 2 rings (SSSR count). The Kier molecular flexibility index (Phi) is 3.88. The van der Waals surface area contributed by atoms with Gasteiger partial charge in [-0.1, -0.05) is 0 Å². The Bertz CT molecular complexity index is 659. The lowest BCUT2D eigenvalue weighted by molar-refractivity contribution is 0.0636. The number of ether oxygens (including phenoxy) is 1. The Morgan fingerprint density at radius 1 is 1.33 bits per heavy atom. The number of hydrogen-bond acceptors (Lipinski definition) is 3. The van der Waals surface area contributed by atoms with E-state index < -0.39 is 11.7 Å². The summed E-state index contributed by atoms with van der Waals surface area (Å²) in [6.07, 6.45) is 2.36. The predicted molar refractivity (Wildman–Crippen MR) is 80.0 cm³/mol. The number of nitrogens with one attached hydrogen (secondary N) is 1. The van der Waals surface area contributed by atoms with Crippen molar-refractivity contribution in [2.45, 2.75) is 26.4 Å². The van der Waals surface area contributed by atoms with E-state index in [1.165, 1.54) is 12.3 Å². The molecule has 0 fully saturated rings. The zero-order chi connectivity index (χ0) is 15.6. The first kappa shape index (κ1) is 14.9. The minimum atomic E-state index is -0.582. The number of aromatic nitrogens is 1. The van der Waals surface area contributed by atoms with E-state index in [-0.39, 0.29) is 5.82 Å². The Hall–Kier alpha value is -2.50. The minimum absolute atomic E-state index is 0.329. The van der Waals surface area contributed by atoms with Crippen molar-refractivity contribution < 1.29 is 13.9 Å². The second-order valence-corrected chi connectivity index (χ2v) is 5.64. The molecule has 1 heterocycles. The van der Waals surface area contributed by atoms with Crippen molar-refractivity contribution in [2.24, 2.45) is 0 Å². The zero-order valence-corrected chi connectivity index (χ0v) is 12.2. The normalized spacial score (nSPS) is 11.2. The summed E-state index contributed by atoms with van der Waals surface area (Å²) >= 11 is 0. The lowest BCUT2D eigenvalue weighted by atomic mass is 10.2. The molecule has 2 aromatic rings. The first-order chi connectivity index (χ1) is 9.74. The molecule has 0 saturated carbocycles. The topological polar surface area (TPSA) is 69.3 Å². The van der Waals surface area contributed by atoms with Crippen LogP contribution in [0.5, 0.6) is 0 Å². The van der Waals surface area contributed by atoms with Crippen LogP contribution >= 0.6 is 0 Å². The third-order valence-corrected chi connectivity index (χ3v) is 2.63. The van der Waals surface area contributed by atoms with Gasteiger partial charge in [0.15, 0.2) is 0 Å². The molecule has 0 unspecified atom stereocenters. The molecule has 3 N–H and O–H groups in total. The van der Waals surface area contributed by atoms with Gasteiger partial charge in [-0.2, -0.15) is 0 Å². The molecule has 0 spiro atoms. The van der Waals surface area contributed by atoms with Gasteiger partial charge >= 0.3 is 6.09 Å². The van der Waals surface area contributed by atoms with Crippen molar-refractivity contribution >= 4 is 17.5 Å². The summed E-state index contributed by atoms with van der Waals surface area (Å²) in [5.74, 6) is -0.329. The van der Waals surface area contributed by atoms with Gasteiger partial charge in [0, 0.05) is 18.1 Å². The van der Waals surface area contributed by atoms with E-state index >= 15 is 0 Å². The number of hydrogen-bond donors (Lipinski definition) is 2. The number of carbonyl (C=O) groups excluding carboxylic acids is 1. The summed E-state index contributed by atoms with van der Waals surface area (Å²) in [7, 11) is 0. The van der Waals surface area contributed by atoms with Crippen LogP contribution in [0.25, 0.3) is 5.69 Å². The van der Waals surface area contributed by atoms with Crippen molar-refractivity contribution in [3.05, 3.63) is 42.5 Å². The Morgan fingerprint density at radius 2 is 2.05 bits per heavy atom. The monoisotopic (exact) mass is 291 g/mol. The van der Waals surface area contributed by atoms with Crippen LogP contribution in [0.15, 0.2) is 36.7 Å². The number of anilines is 2. The lowest BCUT2D eigenvalue weighted by Crippen LogP contribution is -2.27. The molecule has 0 aliphatic heterocycles. The molecule has 0 radical (unpaired) electrons. The van der Waals surface area contributed by atoms with Crippen LogP contribution in [0.1, 0.15) is 20.8 Å². The molecule has 5 nitrogen and oxygen atoms in total. The van der Waals surface area contributed by atoms with Gasteiger partial charge in [0.2, 0.25) is 0 Å². The van der Waals surface area contributed by atoms with Gasteiger partial charge in [-0.3, -0.25) is 5.32 Å². The van der Waals surface area contributed by atoms with E-state index in [1.54, 1.807) is 49.7 Å². The third kappa shape index (κ3) is 3.98. The van der Waals surface area contributed by atoms with E-state index in [0.29, 0.717) is 17.1 Å². The highest BCUT2D eigenvalue weighted by Gasteiger charge is 2.17. The van der Waals surface area contributed by atoms with Crippen LogP contribution < -0.4 is 11.1 Å². The number of amides is 1. The molecule has 0 bridgehead atoms. The van der Waals surface area contributed by atoms with Gasteiger partial charge in [-0.05, 0) is 45.0 Å². The number of nitrogen functional groups attached to an aromatic ring is 1. The molecule has 6 heteroatoms. The predicted octanol–water partition coefficient (Wildman–Crippen LogP) is 3.55. The van der Waals surface area contributed by atoms with Crippen LogP contribution in [-0.4, -0.2) is 16.3 Å². The van der Waals surface area contributed by atoms with Gasteiger partial charge in [0.05, 0.1) is 11.4 Å². The second-order valence-electron chi connectivity index (χ2n) is 5.64. The first-order valence-electron chi connectivity index (χ1n) is 6.48. The van der Waals surface area contributed by atoms with Gasteiger partial charge < -0.3 is 15.0 Å². The van der Waals surface area contributed by atoms with Crippen molar-refractivity contribution in [1.82, 2.24) is 4.57 Å². The summed E-state index contributed by atoms with van der Waals surface area (Å²) < 4.78 is 19.8. The molecule has 0 aliphatic carbocycles. The van der Waals surface area contributed by atoms with E-state index in [4.69, 9.17) is 10.5 Å². The highest BCUT2D eigenvalue weighted by molar-refractivity contribution is 5.89. The fraction of sp³-hybridized carbons (Fsp3) is 0.267. The molecule has 0 saturated heterocycles. The van der Waals surface area contributed by atoms with Gasteiger partial charge in [0.1, 0.15) is 11.4 Å². The summed E-state index contributed by atoms with van der Waals surface area (Å²) in [6, 6.07) is 6.37. The largest absolute Gasteiger partial charge is 0.444 e. The Labute approximate surface area is 122 Å². The molecule has 1 amide bonds. The quantitative estimate of drug-likeness (QED) is 0.831. The minimum Gasteiger partial charge on any atom is -0.444 e. The van der Waals surface area contributed by atoms with Crippen LogP contribution in [0.2, 0.25) is 0 Å². The number of rotatable bonds is 2. The molecular formula is C15H18FN3O2. The maximum atomic E-state index is 13.0. The van der Waals surface area contributed by atoms with Crippen LogP contribution in [-0.2, 0) is 4.74 Å². The fourth-order valence-corrected chi connectivity index (χ4v) is 1.77. The molecule has 112 valence electrons.